The lowest BCUT2D eigenvalue weighted by atomic mass is 10.2. The molecule has 102 valence electrons. The van der Waals surface area contributed by atoms with E-state index in [-0.39, 0.29) is 5.91 Å². The Kier molecular flexibility index (Phi) is 4.02. The predicted molar refractivity (Wildman–Crippen MR) is 72.2 cm³/mol. The molecule has 2 rings (SSSR count). The average molecular weight is 302 g/mol. The molecule has 0 spiro atoms. The van der Waals surface area contributed by atoms with Crippen molar-refractivity contribution >= 4 is 35.1 Å². The normalized spacial score (nSPS) is 21.0. The first-order valence-electron chi connectivity index (χ1n) is 5.82. The lowest BCUT2D eigenvalue weighted by molar-refractivity contribution is -0.141. The van der Waals surface area contributed by atoms with E-state index in [0.717, 1.165) is 5.56 Å². The molecule has 1 fully saturated rings. The van der Waals surface area contributed by atoms with Gasteiger partial charge >= 0.3 is 5.97 Å². The van der Waals surface area contributed by atoms with Crippen molar-refractivity contribution < 1.29 is 14.7 Å². The zero-order valence-electron chi connectivity index (χ0n) is 10.3. The Balaban J connectivity index is 2.02. The van der Waals surface area contributed by atoms with Crippen molar-refractivity contribution in [2.75, 3.05) is 7.05 Å². The van der Waals surface area contributed by atoms with Crippen LogP contribution in [0.1, 0.15) is 12.0 Å². The molecule has 0 aromatic heterocycles. The molecule has 2 atom stereocenters. The maximum absolute atomic E-state index is 12.0. The minimum Gasteiger partial charge on any atom is -0.481 e. The van der Waals surface area contributed by atoms with Crippen LogP contribution in [0.2, 0.25) is 10.0 Å². The van der Waals surface area contributed by atoms with E-state index >= 15 is 0 Å². The molecule has 1 amide bonds. The summed E-state index contributed by atoms with van der Waals surface area (Å²) in [7, 11) is 1.64. The number of benzene rings is 1. The third-order valence-corrected chi connectivity index (χ3v) is 4.10. The summed E-state index contributed by atoms with van der Waals surface area (Å²) in [5.74, 6) is -2.01. The Morgan fingerprint density at radius 3 is 2.63 bits per heavy atom. The number of amides is 1. The highest BCUT2D eigenvalue weighted by molar-refractivity contribution is 6.42. The molecule has 1 aromatic rings. The van der Waals surface area contributed by atoms with Crippen molar-refractivity contribution in [2.24, 2.45) is 11.8 Å². The van der Waals surface area contributed by atoms with E-state index in [0.29, 0.717) is 23.0 Å². The Hall–Kier alpha value is -1.26. The third kappa shape index (κ3) is 3.01. The molecule has 19 heavy (non-hydrogen) atoms. The van der Waals surface area contributed by atoms with Crippen molar-refractivity contribution in [1.29, 1.82) is 0 Å². The molecule has 4 nitrogen and oxygen atoms in total. The fraction of sp³-hybridized carbons (Fsp3) is 0.385. The molecule has 0 aliphatic heterocycles. The quantitative estimate of drug-likeness (QED) is 0.930. The minimum absolute atomic E-state index is 0.163. The van der Waals surface area contributed by atoms with E-state index in [9.17, 15) is 9.59 Å². The molecular formula is C13H13Cl2NO3. The maximum Gasteiger partial charge on any atom is 0.307 e. The van der Waals surface area contributed by atoms with Gasteiger partial charge in [0.1, 0.15) is 0 Å². The Bertz CT molecular complexity index is 533. The van der Waals surface area contributed by atoms with Crippen LogP contribution in [-0.2, 0) is 16.1 Å². The second kappa shape index (κ2) is 5.39. The van der Waals surface area contributed by atoms with E-state index in [1.165, 1.54) is 4.90 Å². The highest BCUT2D eigenvalue weighted by Crippen LogP contribution is 2.40. The number of carbonyl (C=O) groups excluding carboxylic acids is 1. The van der Waals surface area contributed by atoms with E-state index in [1.54, 1.807) is 25.2 Å². The second-order valence-corrected chi connectivity index (χ2v) is 5.48. The largest absolute Gasteiger partial charge is 0.481 e. The van der Waals surface area contributed by atoms with E-state index < -0.39 is 17.8 Å². The van der Waals surface area contributed by atoms with Crippen LogP contribution in [0.4, 0.5) is 0 Å². The monoisotopic (exact) mass is 301 g/mol. The number of hydrogen-bond donors (Lipinski definition) is 1. The standard InChI is InChI=1S/C13H13Cl2NO3/c1-16(12(17)8-5-9(8)13(18)19)6-7-3-2-4-10(14)11(7)15/h2-4,8-9H,5-6H2,1H3,(H,18,19)/t8-,9+/m1/s1. The van der Waals surface area contributed by atoms with Gasteiger partial charge in [-0.25, -0.2) is 0 Å². The molecule has 6 heteroatoms. The van der Waals surface area contributed by atoms with Crippen molar-refractivity contribution in [3.63, 3.8) is 0 Å². The molecule has 1 aromatic carbocycles. The number of carboxylic acids is 1. The third-order valence-electron chi connectivity index (χ3n) is 3.24. The number of hydrogen-bond acceptors (Lipinski definition) is 2. The molecule has 1 aliphatic rings. The zero-order valence-corrected chi connectivity index (χ0v) is 11.8. The van der Waals surface area contributed by atoms with Crippen LogP contribution >= 0.6 is 23.2 Å². The Morgan fingerprint density at radius 2 is 2.05 bits per heavy atom. The molecule has 1 aliphatic carbocycles. The first-order chi connectivity index (χ1) is 8.91. The number of halogens is 2. The molecule has 0 saturated heterocycles. The topological polar surface area (TPSA) is 57.6 Å². The summed E-state index contributed by atoms with van der Waals surface area (Å²) in [6.45, 7) is 0.321. The lowest BCUT2D eigenvalue weighted by Crippen LogP contribution is -2.29. The van der Waals surface area contributed by atoms with Crippen molar-refractivity contribution in [3.8, 4) is 0 Å². The first kappa shape index (κ1) is 14.2. The van der Waals surface area contributed by atoms with Crippen LogP contribution < -0.4 is 0 Å². The summed E-state index contributed by atoms with van der Waals surface area (Å²) < 4.78 is 0. The van der Waals surface area contributed by atoms with Gasteiger partial charge in [0.25, 0.3) is 0 Å². The molecule has 1 N–H and O–H groups in total. The summed E-state index contributed by atoms with van der Waals surface area (Å²) >= 11 is 12.0. The fourth-order valence-corrected chi connectivity index (χ4v) is 2.41. The van der Waals surface area contributed by atoms with Crippen molar-refractivity contribution in [3.05, 3.63) is 33.8 Å². The number of nitrogens with zero attached hydrogens (tertiary/aromatic N) is 1. The fourth-order valence-electron chi connectivity index (χ4n) is 2.03. The molecular weight excluding hydrogens is 289 g/mol. The van der Waals surface area contributed by atoms with Crippen molar-refractivity contribution in [1.82, 2.24) is 4.90 Å². The molecule has 0 heterocycles. The van der Waals surface area contributed by atoms with Crippen LogP contribution in [-0.4, -0.2) is 28.9 Å². The van der Waals surface area contributed by atoms with Gasteiger partial charge in [-0.1, -0.05) is 35.3 Å². The van der Waals surface area contributed by atoms with Gasteiger partial charge in [0.05, 0.1) is 21.9 Å². The average Bonchev–Trinajstić information content (AvgIpc) is 3.14. The number of carbonyl (C=O) groups is 2. The van der Waals surface area contributed by atoms with Gasteiger partial charge in [0, 0.05) is 13.6 Å². The van der Waals surface area contributed by atoms with E-state index in [4.69, 9.17) is 28.3 Å². The zero-order chi connectivity index (χ0) is 14.2. The van der Waals surface area contributed by atoms with E-state index in [1.807, 2.05) is 0 Å². The lowest BCUT2D eigenvalue weighted by Gasteiger charge is -2.18. The summed E-state index contributed by atoms with van der Waals surface area (Å²) in [4.78, 5) is 24.2. The van der Waals surface area contributed by atoms with Gasteiger partial charge in [0.15, 0.2) is 0 Å². The smallest absolute Gasteiger partial charge is 0.307 e. The van der Waals surface area contributed by atoms with E-state index in [2.05, 4.69) is 0 Å². The maximum atomic E-state index is 12.0. The number of aliphatic carboxylic acids is 1. The predicted octanol–water partition coefficient (Wildman–Crippen LogP) is 2.67. The first-order valence-corrected chi connectivity index (χ1v) is 6.58. The minimum atomic E-state index is -0.910. The molecule has 0 bridgehead atoms. The second-order valence-electron chi connectivity index (χ2n) is 4.69. The summed E-state index contributed by atoms with van der Waals surface area (Å²) in [5.41, 5.74) is 0.748. The Labute approximate surface area is 120 Å². The van der Waals surface area contributed by atoms with Crippen LogP contribution in [0.5, 0.6) is 0 Å². The van der Waals surface area contributed by atoms with Gasteiger partial charge < -0.3 is 10.0 Å². The Morgan fingerprint density at radius 1 is 1.37 bits per heavy atom. The summed E-state index contributed by atoms with van der Waals surface area (Å²) in [6, 6.07) is 5.23. The van der Waals surface area contributed by atoms with Gasteiger partial charge in [-0.15, -0.1) is 0 Å². The van der Waals surface area contributed by atoms with Crippen LogP contribution in [0.25, 0.3) is 0 Å². The highest BCUT2D eigenvalue weighted by Gasteiger charge is 2.49. The van der Waals surface area contributed by atoms with Crippen LogP contribution in [0.15, 0.2) is 18.2 Å². The van der Waals surface area contributed by atoms with Gasteiger partial charge in [-0.2, -0.15) is 0 Å². The molecule has 0 unspecified atom stereocenters. The van der Waals surface area contributed by atoms with Crippen LogP contribution in [0, 0.1) is 11.8 Å². The SMILES string of the molecule is CN(Cc1cccc(Cl)c1Cl)C(=O)[C@@H]1C[C@@H]1C(=O)O. The van der Waals surface area contributed by atoms with Gasteiger partial charge in [-0.05, 0) is 18.1 Å². The number of rotatable bonds is 4. The van der Waals surface area contributed by atoms with Gasteiger partial charge in [0.2, 0.25) is 5.91 Å². The summed E-state index contributed by atoms with van der Waals surface area (Å²) in [6.07, 6.45) is 0.418. The molecule has 0 radical (unpaired) electrons. The van der Waals surface area contributed by atoms with Crippen LogP contribution in [0.3, 0.4) is 0 Å². The van der Waals surface area contributed by atoms with Crippen molar-refractivity contribution in [2.45, 2.75) is 13.0 Å². The highest BCUT2D eigenvalue weighted by atomic mass is 35.5. The number of carboxylic acid groups (broad SMARTS) is 1. The summed E-state index contributed by atoms with van der Waals surface area (Å²) in [5, 5.41) is 9.68. The molecule has 1 saturated carbocycles. The van der Waals surface area contributed by atoms with Gasteiger partial charge in [-0.3, -0.25) is 9.59 Å².